The van der Waals surface area contributed by atoms with Crippen LogP contribution in [0.1, 0.15) is 12.6 Å². The molecule has 1 atom stereocenters. The van der Waals surface area contributed by atoms with Crippen molar-refractivity contribution in [2.45, 2.75) is 19.6 Å². The van der Waals surface area contributed by atoms with Crippen LogP contribution in [0.25, 0.3) is 0 Å². The third kappa shape index (κ3) is 6.07. The topological polar surface area (TPSA) is 41.8 Å². The molecular weight excluding hydrogens is 415 g/mol. The number of ether oxygens (including phenoxy) is 1. The lowest BCUT2D eigenvalue weighted by Crippen LogP contribution is -2.42. The van der Waals surface area contributed by atoms with Crippen molar-refractivity contribution >= 4 is 29.9 Å². The standard InChI is InChI=1S/C18H26N4O.HI/c1-15(23-17-10-6-5-7-11-17)13-20-18(19-2)22(4)14-16-9-8-12-21(16)3;/h5-12,15H,13-14H2,1-4H3,(H,19,20);1H. The van der Waals surface area contributed by atoms with E-state index in [1.165, 1.54) is 5.69 Å². The van der Waals surface area contributed by atoms with Gasteiger partial charge in [0.1, 0.15) is 11.9 Å². The fourth-order valence-corrected chi connectivity index (χ4v) is 2.37. The molecule has 0 amide bonds. The number of hydrogen-bond acceptors (Lipinski definition) is 2. The summed E-state index contributed by atoms with van der Waals surface area (Å²) in [4.78, 5) is 6.45. The van der Waals surface area contributed by atoms with Crippen molar-refractivity contribution in [3.8, 4) is 5.75 Å². The minimum absolute atomic E-state index is 0. The summed E-state index contributed by atoms with van der Waals surface area (Å²) in [5.74, 6) is 1.74. The Morgan fingerprint density at radius 3 is 2.54 bits per heavy atom. The van der Waals surface area contributed by atoms with Gasteiger partial charge in [0.2, 0.25) is 0 Å². The molecule has 0 spiro atoms. The quantitative estimate of drug-likeness (QED) is 0.425. The van der Waals surface area contributed by atoms with Crippen molar-refractivity contribution < 1.29 is 4.74 Å². The molecule has 1 aromatic carbocycles. The highest BCUT2D eigenvalue weighted by atomic mass is 127. The Balaban J connectivity index is 0.00000288. The Bertz CT molecular complexity index is 627. The third-order valence-electron chi connectivity index (χ3n) is 3.65. The number of nitrogens with zero attached hydrogens (tertiary/aromatic N) is 3. The fraction of sp³-hybridized carbons (Fsp3) is 0.389. The smallest absolute Gasteiger partial charge is 0.193 e. The molecule has 1 N–H and O–H groups in total. The van der Waals surface area contributed by atoms with Crippen LogP contribution in [0, 0.1) is 0 Å². The van der Waals surface area contributed by atoms with E-state index in [9.17, 15) is 0 Å². The Morgan fingerprint density at radius 2 is 1.96 bits per heavy atom. The summed E-state index contributed by atoms with van der Waals surface area (Å²) in [5, 5.41) is 3.36. The van der Waals surface area contributed by atoms with E-state index in [1.54, 1.807) is 7.05 Å². The maximum absolute atomic E-state index is 5.87. The Labute approximate surface area is 161 Å². The van der Waals surface area contributed by atoms with Gasteiger partial charge >= 0.3 is 0 Å². The number of benzene rings is 1. The van der Waals surface area contributed by atoms with E-state index in [1.807, 2.05) is 44.3 Å². The number of hydrogen-bond donors (Lipinski definition) is 1. The van der Waals surface area contributed by atoms with Gasteiger partial charge in [-0.3, -0.25) is 4.99 Å². The van der Waals surface area contributed by atoms with E-state index in [4.69, 9.17) is 4.74 Å². The van der Waals surface area contributed by atoms with E-state index in [0.29, 0.717) is 6.54 Å². The molecular formula is C18H27IN4O. The van der Waals surface area contributed by atoms with Gasteiger partial charge in [-0.25, -0.2) is 0 Å². The Hall–Kier alpha value is -1.70. The van der Waals surface area contributed by atoms with E-state index in [2.05, 4.69) is 45.2 Å². The summed E-state index contributed by atoms with van der Waals surface area (Å²) < 4.78 is 7.99. The maximum Gasteiger partial charge on any atom is 0.193 e. The average Bonchev–Trinajstić information content (AvgIpc) is 2.94. The molecule has 6 heteroatoms. The molecule has 0 fully saturated rings. The molecule has 132 valence electrons. The van der Waals surface area contributed by atoms with Crippen molar-refractivity contribution in [2.24, 2.45) is 12.0 Å². The Morgan fingerprint density at radius 1 is 1.25 bits per heavy atom. The number of para-hydroxylation sites is 1. The lowest BCUT2D eigenvalue weighted by molar-refractivity contribution is 0.222. The van der Waals surface area contributed by atoms with Gasteiger partial charge in [0.15, 0.2) is 5.96 Å². The monoisotopic (exact) mass is 442 g/mol. The number of aliphatic imine (C=N–C) groups is 1. The highest BCUT2D eigenvalue weighted by molar-refractivity contribution is 14.0. The first-order valence-corrected chi connectivity index (χ1v) is 7.84. The third-order valence-corrected chi connectivity index (χ3v) is 3.65. The first-order valence-electron chi connectivity index (χ1n) is 7.84. The molecule has 0 saturated carbocycles. The van der Waals surface area contributed by atoms with Crippen molar-refractivity contribution in [2.75, 3.05) is 20.6 Å². The second-order valence-electron chi connectivity index (χ2n) is 5.64. The number of guanidine groups is 1. The highest BCUT2D eigenvalue weighted by Gasteiger charge is 2.10. The predicted molar refractivity (Wildman–Crippen MR) is 110 cm³/mol. The van der Waals surface area contributed by atoms with Gasteiger partial charge in [0.05, 0.1) is 13.1 Å². The molecule has 24 heavy (non-hydrogen) atoms. The van der Waals surface area contributed by atoms with Crippen LogP contribution in [0.4, 0.5) is 0 Å². The van der Waals surface area contributed by atoms with Crippen LogP contribution in [0.15, 0.2) is 53.7 Å². The van der Waals surface area contributed by atoms with Crippen LogP contribution in [0.2, 0.25) is 0 Å². The van der Waals surface area contributed by atoms with Gasteiger partial charge in [-0.2, -0.15) is 0 Å². The number of nitrogens with one attached hydrogen (secondary N) is 1. The van der Waals surface area contributed by atoms with Crippen LogP contribution in [0.3, 0.4) is 0 Å². The first-order chi connectivity index (χ1) is 11.1. The van der Waals surface area contributed by atoms with Crippen molar-refractivity contribution in [3.05, 3.63) is 54.4 Å². The summed E-state index contributed by atoms with van der Waals surface area (Å²) >= 11 is 0. The molecule has 0 aliphatic heterocycles. The van der Waals surface area contributed by atoms with E-state index in [0.717, 1.165) is 18.3 Å². The molecule has 0 aliphatic rings. The normalized spacial score (nSPS) is 12.2. The fourth-order valence-electron chi connectivity index (χ4n) is 2.37. The van der Waals surface area contributed by atoms with Gasteiger partial charge in [-0.05, 0) is 31.2 Å². The molecule has 2 aromatic rings. The van der Waals surface area contributed by atoms with E-state index >= 15 is 0 Å². The van der Waals surface area contributed by atoms with Crippen molar-refractivity contribution in [1.29, 1.82) is 0 Å². The van der Waals surface area contributed by atoms with Gasteiger partial charge in [0, 0.05) is 33.0 Å². The van der Waals surface area contributed by atoms with Gasteiger partial charge in [0.25, 0.3) is 0 Å². The zero-order valence-corrected chi connectivity index (χ0v) is 17.1. The SMILES string of the molecule is CN=C(NCC(C)Oc1ccccc1)N(C)Cc1cccn1C.I. The van der Waals surface area contributed by atoms with Gasteiger partial charge < -0.3 is 19.5 Å². The molecule has 5 nitrogen and oxygen atoms in total. The van der Waals surface area contributed by atoms with E-state index in [-0.39, 0.29) is 30.1 Å². The number of aryl methyl sites for hydroxylation is 1. The number of rotatable bonds is 6. The van der Waals surface area contributed by atoms with Crippen LogP contribution >= 0.6 is 24.0 Å². The molecule has 2 rings (SSSR count). The largest absolute Gasteiger partial charge is 0.489 e. The minimum Gasteiger partial charge on any atom is -0.489 e. The van der Waals surface area contributed by atoms with Crippen molar-refractivity contribution in [3.63, 3.8) is 0 Å². The predicted octanol–water partition coefficient (Wildman–Crippen LogP) is 3.12. The van der Waals surface area contributed by atoms with Crippen LogP contribution < -0.4 is 10.1 Å². The summed E-state index contributed by atoms with van der Waals surface area (Å²) in [7, 11) is 5.88. The molecule has 1 unspecified atom stereocenters. The highest BCUT2D eigenvalue weighted by Crippen LogP contribution is 2.10. The van der Waals surface area contributed by atoms with Gasteiger partial charge in [-0.15, -0.1) is 24.0 Å². The summed E-state index contributed by atoms with van der Waals surface area (Å²) in [5.41, 5.74) is 1.24. The Kier molecular flexibility index (Phi) is 8.67. The van der Waals surface area contributed by atoms with Crippen molar-refractivity contribution in [1.82, 2.24) is 14.8 Å². The molecule has 0 bridgehead atoms. The molecule has 0 saturated heterocycles. The molecule has 1 heterocycles. The molecule has 1 aromatic heterocycles. The van der Waals surface area contributed by atoms with E-state index < -0.39 is 0 Å². The zero-order valence-electron chi connectivity index (χ0n) is 14.8. The molecule has 0 aliphatic carbocycles. The van der Waals surface area contributed by atoms with Crippen LogP contribution in [-0.2, 0) is 13.6 Å². The summed E-state index contributed by atoms with van der Waals surface area (Å²) in [6.07, 6.45) is 2.10. The maximum atomic E-state index is 5.87. The lowest BCUT2D eigenvalue weighted by atomic mass is 10.3. The number of halogens is 1. The summed E-state index contributed by atoms with van der Waals surface area (Å²) in [6, 6.07) is 14.0. The average molecular weight is 442 g/mol. The minimum atomic E-state index is 0. The summed E-state index contributed by atoms with van der Waals surface area (Å²) in [6.45, 7) is 3.54. The first kappa shape index (κ1) is 20.3. The van der Waals surface area contributed by atoms with Gasteiger partial charge in [-0.1, -0.05) is 18.2 Å². The second kappa shape index (κ2) is 10.2. The van der Waals surface area contributed by atoms with Crippen LogP contribution in [0.5, 0.6) is 5.75 Å². The zero-order chi connectivity index (χ0) is 16.7. The lowest BCUT2D eigenvalue weighted by Gasteiger charge is -2.24. The second-order valence-corrected chi connectivity index (χ2v) is 5.64. The molecule has 0 radical (unpaired) electrons. The van der Waals surface area contributed by atoms with Crippen LogP contribution in [-0.4, -0.2) is 42.2 Å². The number of aromatic nitrogens is 1.